The molecule has 0 aliphatic rings. The van der Waals surface area contributed by atoms with Crippen molar-refractivity contribution >= 4 is 5.69 Å². The van der Waals surface area contributed by atoms with E-state index in [2.05, 4.69) is 30.3 Å². The van der Waals surface area contributed by atoms with Crippen LogP contribution >= 0.6 is 0 Å². The predicted molar refractivity (Wildman–Crippen MR) is 75.9 cm³/mol. The zero-order chi connectivity index (χ0) is 13.7. The molecule has 0 fully saturated rings. The molecule has 0 saturated heterocycles. The van der Waals surface area contributed by atoms with Gasteiger partial charge in [0.25, 0.3) is 0 Å². The normalized spacial score (nSPS) is 10.7. The summed E-state index contributed by atoms with van der Waals surface area (Å²) < 4.78 is 15.1. The maximum absolute atomic E-state index is 13.0. The van der Waals surface area contributed by atoms with Crippen molar-refractivity contribution in [3.63, 3.8) is 0 Å². The van der Waals surface area contributed by atoms with E-state index in [1.54, 1.807) is 6.07 Å². The lowest BCUT2D eigenvalue weighted by atomic mass is 10.2. The molecule has 1 N–H and O–H groups in total. The number of rotatable bonds is 6. The highest BCUT2D eigenvalue weighted by Gasteiger charge is 2.04. The predicted octanol–water partition coefficient (Wildman–Crippen LogP) is 3.26. The molecule has 1 heterocycles. The molecule has 0 spiro atoms. The lowest BCUT2D eigenvalue weighted by molar-refractivity contribution is 0.599. The van der Waals surface area contributed by atoms with Gasteiger partial charge in [-0.25, -0.2) is 4.39 Å². The standard InChI is InChI=1S/C15H20FN3/c1-3-13-11-15(4-2)19(18-13)9-8-17-14-7-5-6-12(16)10-14/h5-7,10-11,17H,3-4,8-9H2,1-2H3. The zero-order valence-electron chi connectivity index (χ0n) is 11.5. The largest absolute Gasteiger partial charge is 0.383 e. The quantitative estimate of drug-likeness (QED) is 0.865. The van der Waals surface area contributed by atoms with Gasteiger partial charge in [-0.05, 0) is 37.1 Å². The molecular weight excluding hydrogens is 241 g/mol. The van der Waals surface area contributed by atoms with E-state index in [4.69, 9.17) is 0 Å². The summed E-state index contributed by atoms with van der Waals surface area (Å²) >= 11 is 0. The van der Waals surface area contributed by atoms with Crippen LogP contribution in [0.15, 0.2) is 30.3 Å². The van der Waals surface area contributed by atoms with Crippen LogP contribution in [0.5, 0.6) is 0 Å². The van der Waals surface area contributed by atoms with Gasteiger partial charge in [0.05, 0.1) is 12.2 Å². The minimum atomic E-state index is -0.216. The molecule has 2 aromatic rings. The molecule has 0 bridgehead atoms. The van der Waals surface area contributed by atoms with Crippen molar-refractivity contribution in [2.24, 2.45) is 0 Å². The second-order valence-corrected chi connectivity index (χ2v) is 4.49. The summed E-state index contributed by atoms with van der Waals surface area (Å²) in [6.07, 6.45) is 1.93. The van der Waals surface area contributed by atoms with Gasteiger partial charge >= 0.3 is 0 Å². The van der Waals surface area contributed by atoms with Gasteiger partial charge in [-0.1, -0.05) is 19.9 Å². The van der Waals surface area contributed by atoms with Crippen molar-refractivity contribution in [2.45, 2.75) is 33.2 Å². The molecule has 3 nitrogen and oxygen atoms in total. The monoisotopic (exact) mass is 261 g/mol. The number of hydrogen-bond acceptors (Lipinski definition) is 2. The van der Waals surface area contributed by atoms with Crippen LogP contribution in [0, 0.1) is 5.82 Å². The summed E-state index contributed by atoms with van der Waals surface area (Å²) in [5.74, 6) is -0.216. The second kappa shape index (κ2) is 6.36. The van der Waals surface area contributed by atoms with E-state index in [-0.39, 0.29) is 5.82 Å². The summed E-state index contributed by atoms with van der Waals surface area (Å²) in [5, 5.41) is 7.76. The highest BCUT2D eigenvalue weighted by atomic mass is 19.1. The first-order valence-corrected chi connectivity index (χ1v) is 6.78. The molecular formula is C15H20FN3. The van der Waals surface area contributed by atoms with Gasteiger partial charge in [0.15, 0.2) is 0 Å². The lowest BCUT2D eigenvalue weighted by Crippen LogP contribution is -2.13. The van der Waals surface area contributed by atoms with Crippen molar-refractivity contribution < 1.29 is 4.39 Å². The van der Waals surface area contributed by atoms with Gasteiger partial charge in [-0.15, -0.1) is 0 Å². The van der Waals surface area contributed by atoms with Gasteiger partial charge in [0.1, 0.15) is 5.82 Å². The maximum atomic E-state index is 13.0. The molecule has 1 aromatic heterocycles. The van der Waals surface area contributed by atoms with E-state index in [9.17, 15) is 4.39 Å². The molecule has 0 unspecified atom stereocenters. The third-order valence-electron chi connectivity index (χ3n) is 3.12. The number of nitrogens with zero attached hydrogens (tertiary/aromatic N) is 2. The van der Waals surface area contributed by atoms with Crippen LogP contribution in [0.3, 0.4) is 0 Å². The third kappa shape index (κ3) is 3.56. The minimum absolute atomic E-state index is 0.216. The summed E-state index contributed by atoms with van der Waals surface area (Å²) in [4.78, 5) is 0. The third-order valence-corrected chi connectivity index (χ3v) is 3.12. The van der Waals surface area contributed by atoms with Gasteiger partial charge in [-0.3, -0.25) is 4.68 Å². The number of aromatic nitrogens is 2. The fourth-order valence-corrected chi connectivity index (χ4v) is 2.07. The number of benzene rings is 1. The highest BCUT2D eigenvalue weighted by molar-refractivity contribution is 5.42. The van der Waals surface area contributed by atoms with Crippen LogP contribution in [0.1, 0.15) is 25.2 Å². The fraction of sp³-hybridized carbons (Fsp3) is 0.400. The molecule has 1 aromatic carbocycles. The van der Waals surface area contributed by atoms with Crippen molar-refractivity contribution in [1.29, 1.82) is 0 Å². The molecule has 0 atom stereocenters. The van der Waals surface area contributed by atoms with Crippen molar-refractivity contribution in [2.75, 3.05) is 11.9 Å². The van der Waals surface area contributed by atoms with Gasteiger partial charge < -0.3 is 5.32 Å². The first-order valence-electron chi connectivity index (χ1n) is 6.78. The Morgan fingerprint density at radius 2 is 2.05 bits per heavy atom. The van der Waals surface area contributed by atoms with E-state index >= 15 is 0 Å². The Morgan fingerprint density at radius 1 is 1.21 bits per heavy atom. The Hall–Kier alpha value is -1.84. The van der Waals surface area contributed by atoms with E-state index in [1.165, 1.54) is 17.8 Å². The van der Waals surface area contributed by atoms with Gasteiger partial charge in [-0.2, -0.15) is 5.10 Å². The Morgan fingerprint density at radius 3 is 2.74 bits per heavy atom. The Labute approximate surface area is 113 Å². The smallest absolute Gasteiger partial charge is 0.125 e. The highest BCUT2D eigenvalue weighted by Crippen LogP contribution is 2.10. The number of nitrogens with one attached hydrogen (secondary N) is 1. The molecule has 19 heavy (non-hydrogen) atoms. The maximum Gasteiger partial charge on any atom is 0.125 e. The van der Waals surface area contributed by atoms with Gasteiger partial charge in [0.2, 0.25) is 0 Å². The van der Waals surface area contributed by atoms with Gasteiger partial charge in [0, 0.05) is 17.9 Å². The molecule has 0 aliphatic carbocycles. The topological polar surface area (TPSA) is 29.9 Å². The Bertz CT molecular complexity index is 534. The first-order chi connectivity index (χ1) is 9.22. The molecule has 0 saturated carbocycles. The number of hydrogen-bond donors (Lipinski definition) is 1. The van der Waals surface area contributed by atoms with Crippen LogP contribution in [0.25, 0.3) is 0 Å². The fourth-order valence-electron chi connectivity index (χ4n) is 2.07. The van der Waals surface area contributed by atoms with Crippen LogP contribution < -0.4 is 5.32 Å². The molecule has 0 aliphatic heterocycles. The van der Waals surface area contributed by atoms with E-state index in [1.807, 2.05) is 10.7 Å². The second-order valence-electron chi connectivity index (χ2n) is 4.49. The van der Waals surface area contributed by atoms with Crippen LogP contribution in [-0.2, 0) is 19.4 Å². The van der Waals surface area contributed by atoms with E-state index in [0.717, 1.165) is 37.3 Å². The van der Waals surface area contributed by atoms with Crippen molar-refractivity contribution in [1.82, 2.24) is 9.78 Å². The average molecular weight is 261 g/mol. The zero-order valence-corrected chi connectivity index (χ0v) is 11.5. The van der Waals surface area contributed by atoms with Crippen LogP contribution in [0.2, 0.25) is 0 Å². The Kier molecular flexibility index (Phi) is 4.55. The summed E-state index contributed by atoms with van der Waals surface area (Å²) in [6, 6.07) is 8.67. The lowest BCUT2D eigenvalue weighted by Gasteiger charge is -2.08. The number of halogens is 1. The average Bonchev–Trinajstić information content (AvgIpc) is 2.81. The summed E-state index contributed by atoms with van der Waals surface area (Å²) in [7, 11) is 0. The Balaban J connectivity index is 1.93. The molecule has 102 valence electrons. The van der Waals surface area contributed by atoms with Crippen molar-refractivity contribution in [3.05, 3.63) is 47.5 Å². The molecule has 4 heteroatoms. The first kappa shape index (κ1) is 13.6. The van der Waals surface area contributed by atoms with E-state index < -0.39 is 0 Å². The van der Waals surface area contributed by atoms with E-state index in [0.29, 0.717) is 0 Å². The number of anilines is 1. The molecule has 2 rings (SSSR count). The SMILES string of the molecule is CCc1cc(CC)n(CCNc2cccc(F)c2)n1. The minimum Gasteiger partial charge on any atom is -0.383 e. The number of aryl methyl sites for hydroxylation is 2. The molecule has 0 amide bonds. The van der Waals surface area contributed by atoms with Crippen LogP contribution in [-0.4, -0.2) is 16.3 Å². The molecule has 0 radical (unpaired) electrons. The van der Waals surface area contributed by atoms with Crippen LogP contribution in [0.4, 0.5) is 10.1 Å². The van der Waals surface area contributed by atoms with Crippen molar-refractivity contribution in [3.8, 4) is 0 Å². The summed E-state index contributed by atoms with van der Waals surface area (Å²) in [5.41, 5.74) is 3.18. The summed E-state index contributed by atoms with van der Waals surface area (Å²) in [6.45, 7) is 5.77.